The van der Waals surface area contributed by atoms with Crippen molar-refractivity contribution in [3.05, 3.63) is 82.8 Å². The topological polar surface area (TPSA) is 102 Å². The van der Waals surface area contributed by atoms with Crippen LogP contribution in [0.25, 0.3) is 11.0 Å². The number of carbonyl (C=O) groups excluding carboxylic acids is 2. The van der Waals surface area contributed by atoms with E-state index < -0.39 is 23.5 Å². The summed E-state index contributed by atoms with van der Waals surface area (Å²) in [4.78, 5) is 32.7. The lowest BCUT2D eigenvalue weighted by Gasteiger charge is -2.24. The van der Waals surface area contributed by atoms with Crippen molar-refractivity contribution < 1.29 is 28.6 Å². The van der Waals surface area contributed by atoms with Crippen LogP contribution in [0, 0.1) is 5.92 Å². The number of amides is 1. The molecule has 190 valence electrons. The van der Waals surface area contributed by atoms with Crippen molar-refractivity contribution in [2.24, 2.45) is 5.92 Å². The molecule has 0 aliphatic carbocycles. The van der Waals surface area contributed by atoms with Gasteiger partial charge in [0.2, 0.25) is 5.78 Å². The Kier molecular flexibility index (Phi) is 6.71. The molecule has 1 N–H and O–H groups in total. The number of fused-ring (bicyclic) bond motifs is 1. The van der Waals surface area contributed by atoms with Crippen LogP contribution in [0.5, 0.6) is 11.5 Å². The van der Waals surface area contributed by atoms with Crippen LogP contribution < -0.4 is 14.4 Å². The Balaban J connectivity index is 1.58. The van der Waals surface area contributed by atoms with Crippen LogP contribution in [0.15, 0.2) is 75.9 Å². The number of methoxy groups -OCH3 is 1. The number of nitrogens with zero attached hydrogens (tertiary/aromatic N) is 2. The van der Waals surface area contributed by atoms with Crippen LogP contribution in [0.2, 0.25) is 0 Å². The van der Waals surface area contributed by atoms with E-state index in [2.05, 4.69) is 18.8 Å². The van der Waals surface area contributed by atoms with Crippen LogP contribution >= 0.6 is 11.3 Å². The smallest absolute Gasteiger partial charge is 0.296 e. The van der Waals surface area contributed by atoms with Gasteiger partial charge in [-0.25, -0.2) is 4.98 Å². The van der Waals surface area contributed by atoms with Gasteiger partial charge in [-0.15, -0.1) is 11.3 Å². The van der Waals surface area contributed by atoms with Gasteiger partial charge in [0.25, 0.3) is 5.91 Å². The minimum atomic E-state index is -0.921. The molecule has 9 heteroatoms. The molecule has 1 unspecified atom stereocenters. The van der Waals surface area contributed by atoms with Crippen LogP contribution in [-0.2, 0) is 4.79 Å². The number of carbonyl (C=O) groups is 2. The first-order valence-corrected chi connectivity index (χ1v) is 12.8. The van der Waals surface area contributed by atoms with Crippen molar-refractivity contribution in [2.75, 3.05) is 18.6 Å². The lowest BCUT2D eigenvalue weighted by Crippen LogP contribution is -2.30. The number of ether oxygens (including phenoxy) is 2. The second kappa shape index (κ2) is 10.1. The number of para-hydroxylation sites is 1. The molecule has 8 nitrogen and oxygen atoms in total. The number of hydrogen-bond acceptors (Lipinski definition) is 8. The summed E-state index contributed by atoms with van der Waals surface area (Å²) in [6.07, 6.45) is 2.45. The first kappa shape index (κ1) is 24.6. The lowest BCUT2D eigenvalue weighted by molar-refractivity contribution is -0.117. The molecule has 0 spiro atoms. The van der Waals surface area contributed by atoms with Gasteiger partial charge >= 0.3 is 0 Å². The molecule has 4 aromatic rings. The summed E-state index contributed by atoms with van der Waals surface area (Å²) in [5.74, 6) is -0.376. The van der Waals surface area contributed by atoms with E-state index in [0.29, 0.717) is 45.7 Å². The van der Waals surface area contributed by atoms with E-state index in [9.17, 15) is 14.7 Å². The molecule has 1 atom stereocenters. The van der Waals surface area contributed by atoms with E-state index in [0.717, 1.165) is 6.42 Å². The Morgan fingerprint density at radius 3 is 2.76 bits per heavy atom. The first-order valence-electron chi connectivity index (χ1n) is 11.9. The van der Waals surface area contributed by atoms with E-state index in [4.69, 9.17) is 13.9 Å². The molecular formula is C28H26N2O6S. The van der Waals surface area contributed by atoms with Crippen LogP contribution in [0.4, 0.5) is 5.13 Å². The third-order valence-corrected chi connectivity index (χ3v) is 6.94. The number of anilines is 1. The summed E-state index contributed by atoms with van der Waals surface area (Å²) < 4.78 is 17.2. The largest absolute Gasteiger partial charge is 0.503 e. The zero-order valence-corrected chi connectivity index (χ0v) is 21.5. The monoisotopic (exact) mass is 518 g/mol. The zero-order chi connectivity index (χ0) is 26.1. The fourth-order valence-corrected chi connectivity index (χ4v) is 4.98. The van der Waals surface area contributed by atoms with Crippen LogP contribution in [-0.4, -0.2) is 35.5 Å². The van der Waals surface area contributed by atoms with Gasteiger partial charge in [-0.3, -0.25) is 14.5 Å². The number of hydrogen-bond donors (Lipinski definition) is 1. The van der Waals surface area contributed by atoms with Crippen molar-refractivity contribution in [3.63, 3.8) is 0 Å². The molecule has 1 amide bonds. The predicted molar refractivity (Wildman–Crippen MR) is 140 cm³/mol. The number of Topliss-reactive ketones (excluding diaryl/α,β-unsaturated/α-hetero) is 1. The minimum absolute atomic E-state index is 0.0100. The Morgan fingerprint density at radius 2 is 2.03 bits per heavy atom. The van der Waals surface area contributed by atoms with E-state index in [-0.39, 0.29) is 11.3 Å². The molecule has 2 aromatic heterocycles. The first-order chi connectivity index (χ1) is 17.9. The number of furan rings is 1. The van der Waals surface area contributed by atoms with Gasteiger partial charge in [0.05, 0.1) is 25.3 Å². The Morgan fingerprint density at radius 1 is 1.22 bits per heavy atom. The molecule has 1 aliphatic heterocycles. The van der Waals surface area contributed by atoms with Crippen LogP contribution in [0.3, 0.4) is 0 Å². The molecule has 1 aliphatic rings. The maximum absolute atomic E-state index is 13.8. The molecule has 2 aromatic carbocycles. The van der Waals surface area contributed by atoms with Gasteiger partial charge < -0.3 is 19.0 Å². The normalized spacial score (nSPS) is 15.7. The molecule has 0 saturated heterocycles. The number of aromatic nitrogens is 1. The van der Waals surface area contributed by atoms with Gasteiger partial charge in [0.1, 0.15) is 5.75 Å². The van der Waals surface area contributed by atoms with E-state index in [1.165, 1.54) is 23.3 Å². The minimum Gasteiger partial charge on any atom is -0.503 e. The third kappa shape index (κ3) is 4.58. The van der Waals surface area contributed by atoms with Crippen molar-refractivity contribution >= 4 is 39.1 Å². The molecule has 0 bridgehead atoms. The van der Waals surface area contributed by atoms with E-state index >= 15 is 0 Å². The van der Waals surface area contributed by atoms with Crippen molar-refractivity contribution in [2.45, 2.75) is 26.3 Å². The molecule has 0 saturated carbocycles. The Bertz CT molecular complexity index is 1490. The average Bonchev–Trinajstić information content (AvgIpc) is 3.62. The number of rotatable bonds is 9. The predicted octanol–water partition coefficient (Wildman–Crippen LogP) is 6.11. The van der Waals surface area contributed by atoms with Crippen molar-refractivity contribution in [1.82, 2.24) is 4.98 Å². The summed E-state index contributed by atoms with van der Waals surface area (Å²) in [5.41, 5.74) is 0.927. The van der Waals surface area contributed by atoms with Crippen LogP contribution in [0.1, 0.15) is 42.4 Å². The van der Waals surface area contributed by atoms with E-state index in [1.807, 2.05) is 6.07 Å². The molecule has 3 heterocycles. The lowest BCUT2D eigenvalue weighted by atomic mass is 9.95. The SMILES string of the molecule is COc1cccc2cc(C(=O)C3=C(O)C(=O)N(c4nccs4)C3c3cccc(OCCC(C)C)c3)oc12. The highest BCUT2D eigenvalue weighted by Gasteiger charge is 2.46. The zero-order valence-electron chi connectivity index (χ0n) is 20.6. The highest BCUT2D eigenvalue weighted by atomic mass is 32.1. The molecule has 0 fully saturated rings. The summed E-state index contributed by atoms with van der Waals surface area (Å²) in [5, 5.41) is 13.7. The van der Waals surface area contributed by atoms with Crippen molar-refractivity contribution in [1.29, 1.82) is 0 Å². The second-order valence-corrected chi connectivity index (χ2v) is 9.95. The number of thiazole rings is 1. The Labute approximate surface area is 217 Å². The van der Waals surface area contributed by atoms with Gasteiger partial charge in [-0.2, -0.15) is 0 Å². The number of aliphatic hydroxyl groups is 1. The highest BCUT2D eigenvalue weighted by molar-refractivity contribution is 7.13. The van der Waals surface area contributed by atoms with Crippen molar-refractivity contribution in [3.8, 4) is 11.5 Å². The summed E-state index contributed by atoms with van der Waals surface area (Å²) >= 11 is 1.24. The fourth-order valence-electron chi connectivity index (χ4n) is 4.31. The fraction of sp³-hybridized carbons (Fsp3) is 0.250. The number of benzene rings is 2. The molecule has 5 rings (SSSR count). The molecule has 0 radical (unpaired) electrons. The maximum atomic E-state index is 13.8. The van der Waals surface area contributed by atoms with Gasteiger partial charge in [-0.1, -0.05) is 38.1 Å². The van der Waals surface area contributed by atoms with E-state index in [1.54, 1.807) is 54.0 Å². The quantitative estimate of drug-likeness (QED) is 0.267. The summed E-state index contributed by atoms with van der Waals surface area (Å²) in [6.45, 7) is 4.78. The van der Waals surface area contributed by atoms with Gasteiger partial charge in [0.15, 0.2) is 28.0 Å². The molecule has 37 heavy (non-hydrogen) atoms. The number of aliphatic hydroxyl groups excluding tert-OH is 1. The third-order valence-electron chi connectivity index (χ3n) is 6.17. The number of ketones is 1. The maximum Gasteiger partial charge on any atom is 0.296 e. The van der Waals surface area contributed by atoms with Gasteiger partial charge in [0, 0.05) is 17.0 Å². The molecular weight excluding hydrogens is 492 g/mol. The standard InChI is InChI=1S/C28H26N2O6S/c1-16(2)10-12-35-19-8-4-6-17(14-19)23-22(25(32)27(33)30(23)28-29-11-13-37-28)24(31)21-15-18-7-5-9-20(34-3)26(18)36-21/h4-9,11,13-16,23,32H,10,12H2,1-3H3. The second-order valence-electron chi connectivity index (χ2n) is 9.08. The Hall–Kier alpha value is -4.11. The summed E-state index contributed by atoms with van der Waals surface area (Å²) in [7, 11) is 1.51. The summed E-state index contributed by atoms with van der Waals surface area (Å²) in [6, 6.07) is 13.2. The highest BCUT2D eigenvalue weighted by Crippen LogP contribution is 2.43. The average molecular weight is 519 g/mol. The van der Waals surface area contributed by atoms with Gasteiger partial charge in [-0.05, 0) is 42.2 Å².